The summed E-state index contributed by atoms with van der Waals surface area (Å²) >= 11 is 16.0. The first-order valence-corrected chi connectivity index (χ1v) is 9.80. The first kappa shape index (κ1) is 18.7. The molecule has 1 aliphatic rings. The van der Waals surface area contributed by atoms with Crippen molar-refractivity contribution in [3.63, 3.8) is 0 Å². The molecule has 0 aromatic heterocycles. The lowest BCUT2D eigenvalue weighted by Gasteiger charge is -2.32. The highest BCUT2D eigenvalue weighted by molar-refractivity contribution is 9.10. The number of benzene rings is 2. The second-order valence-corrected chi connectivity index (χ2v) is 7.91. The molecule has 6 heteroatoms. The lowest BCUT2D eigenvalue weighted by Crippen LogP contribution is -2.40. The second-order valence-electron chi connectivity index (χ2n) is 6.24. The number of hydrogen-bond acceptors (Lipinski definition) is 2. The molecule has 0 radical (unpaired) electrons. The summed E-state index contributed by atoms with van der Waals surface area (Å²) < 4.78 is 0.888. The van der Waals surface area contributed by atoms with Crippen molar-refractivity contribution in [3.8, 4) is 0 Å². The number of rotatable bonds is 4. The van der Waals surface area contributed by atoms with Gasteiger partial charge in [-0.25, -0.2) is 0 Å². The Morgan fingerprint density at radius 3 is 2.60 bits per heavy atom. The zero-order valence-corrected chi connectivity index (χ0v) is 16.7. The maximum Gasteiger partial charge on any atom is 0.228 e. The molecule has 0 bridgehead atoms. The molecule has 1 heterocycles. The van der Waals surface area contributed by atoms with Crippen molar-refractivity contribution in [2.24, 2.45) is 5.92 Å². The molecule has 2 aromatic rings. The van der Waals surface area contributed by atoms with Crippen molar-refractivity contribution >= 4 is 50.7 Å². The molecule has 0 spiro atoms. The minimum absolute atomic E-state index is 0.0397. The molecule has 132 valence electrons. The Morgan fingerprint density at radius 2 is 1.88 bits per heavy atom. The number of carbonyl (C=O) groups is 1. The number of amides is 1. The van der Waals surface area contributed by atoms with Crippen LogP contribution in [0.4, 0.5) is 5.69 Å². The molecular formula is C19H19BrCl2N2O. The van der Waals surface area contributed by atoms with Gasteiger partial charge in [0.1, 0.15) is 0 Å². The summed E-state index contributed by atoms with van der Waals surface area (Å²) in [5.41, 5.74) is 1.73. The van der Waals surface area contributed by atoms with Crippen molar-refractivity contribution in [3.05, 3.63) is 62.5 Å². The third kappa shape index (κ3) is 4.76. The summed E-state index contributed by atoms with van der Waals surface area (Å²) in [5.74, 6) is 0.0176. The fourth-order valence-corrected chi connectivity index (χ4v) is 4.02. The van der Waals surface area contributed by atoms with Crippen LogP contribution in [0.3, 0.4) is 0 Å². The number of para-hydroxylation sites is 1. The molecule has 1 amide bonds. The highest BCUT2D eigenvalue weighted by Crippen LogP contribution is 2.28. The summed E-state index contributed by atoms with van der Waals surface area (Å²) in [6, 6.07) is 13.2. The van der Waals surface area contributed by atoms with E-state index in [2.05, 4.69) is 26.1 Å². The largest absolute Gasteiger partial charge is 0.325 e. The average Bonchev–Trinajstić information content (AvgIpc) is 2.60. The zero-order valence-electron chi connectivity index (χ0n) is 13.6. The maximum atomic E-state index is 12.6. The fourth-order valence-electron chi connectivity index (χ4n) is 3.12. The van der Waals surface area contributed by atoms with Crippen LogP contribution >= 0.6 is 39.1 Å². The van der Waals surface area contributed by atoms with E-state index in [4.69, 9.17) is 23.2 Å². The van der Waals surface area contributed by atoms with E-state index in [1.165, 1.54) is 0 Å². The molecule has 3 nitrogen and oxygen atoms in total. The molecule has 1 N–H and O–H groups in total. The zero-order chi connectivity index (χ0) is 17.8. The first-order chi connectivity index (χ1) is 12.0. The summed E-state index contributed by atoms with van der Waals surface area (Å²) in [6.07, 6.45) is 1.87. The van der Waals surface area contributed by atoms with Gasteiger partial charge in [-0.05, 0) is 59.6 Å². The van der Waals surface area contributed by atoms with Gasteiger partial charge in [0.2, 0.25) is 5.91 Å². The Bertz CT molecular complexity index is 749. The average molecular weight is 442 g/mol. The summed E-state index contributed by atoms with van der Waals surface area (Å²) in [4.78, 5) is 14.9. The quantitative estimate of drug-likeness (QED) is 0.668. The van der Waals surface area contributed by atoms with E-state index in [9.17, 15) is 4.79 Å². The van der Waals surface area contributed by atoms with Gasteiger partial charge in [-0.1, -0.05) is 41.4 Å². The highest BCUT2D eigenvalue weighted by Gasteiger charge is 2.26. The third-order valence-corrected chi connectivity index (χ3v) is 5.85. The number of piperidine rings is 1. The van der Waals surface area contributed by atoms with Crippen LogP contribution in [-0.4, -0.2) is 23.9 Å². The van der Waals surface area contributed by atoms with Crippen molar-refractivity contribution in [1.82, 2.24) is 4.90 Å². The van der Waals surface area contributed by atoms with Crippen LogP contribution in [0.1, 0.15) is 18.4 Å². The van der Waals surface area contributed by atoms with Crippen LogP contribution in [0.5, 0.6) is 0 Å². The molecular weight excluding hydrogens is 423 g/mol. The smallest absolute Gasteiger partial charge is 0.228 e. The van der Waals surface area contributed by atoms with Gasteiger partial charge in [0.05, 0.1) is 11.6 Å². The molecule has 1 atom stereocenters. The van der Waals surface area contributed by atoms with Crippen LogP contribution in [-0.2, 0) is 11.3 Å². The molecule has 1 unspecified atom stereocenters. The van der Waals surface area contributed by atoms with Crippen molar-refractivity contribution < 1.29 is 4.79 Å². The summed E-state index contributed by atoms with van der Waals surface area (Å²) in [7, 11) is 0. The van der Waals surface area contributed by atoms with Gasteiger partial charge < -0.3 is 5.32 Å². The molecule has 0 aliphatic carbocycles. The Labute approximate surface area is 166 Å². The Kier molecular flexibility index (Phi) is 6.39. The molecule has 3 rings (SSSR count). The van der Waals surface area contributed by atoms with E-state index in [1.54, 1.807) is 0 Å². The van der Waals surface area contributed by atoms with Crippen molar-refractivity contribution in [2.75, 3.05) is 18.4 Å². The molecule has 2 aromatic carbocycles. The molecule has 0 saturated carbocycles. The van der Waals surface area contributed by atoms with Gasteiger partial charge in [-0.2, -0.15) is 0 Å². The van der Waals surface area contributed by atoms with E-state index in [0.717, 1.165) is 35.1 Å². The van der Waals surface area contributed by atoms with E-state index < -0.39 is 0 Å². The maximum absolute atomic E-state index is 12.6. The van der Waals surface area contributed by atoms with Crippen molar-refractivity contribution in [2.45, 2.75) is 19.4 Å². The van der Waals surface area contributed by atoms with Crippen LogP contribution in [0, 0.1) is 5.92 Å². The molecule has 1 fully saturated rings. The van der Waals surface area contributed by atoms with Gasteiger partial charge in [0.15, 0.2) is 0 Å². The van der Waals surface area contributed by atoms with Gasteiger partial charge in [0.25, 0.3) is 0 Å². The Morgan fingerprint density at radius 1 is 1.16 bits per heavy atom. The number of anilines is 1. The Hall–Kier alpha value is -1.07. The van der Waals surface area contributed by atoms with Gasteiger partial charge in [-0.3, -0.25) is 9.69 Å². The third-order valence-electron chi connectivity index (χ3n) is 4.45. The number of nitrogens with one attached hydrogen (secondary N) is 1. The number of nitrogens with zero attached hydrogens (tertiary/aromatic N) is 1. The van der Waals surface area contributed by atoms with E-state index in [-0.39, 0.29) is 11.8 Å². The lowest BCUT2D eigenvalue weighted by molar-refractivity contribution is -0.121. The van der Waals surface area contributed by atoms with E-state index in [1.807, 2.05) is 42.5 Å². The SMILES string of the molecule is O=C(Nc1ccccc1Br)C1CCCN(Cc2c(Cl)cccc2Cl)C1. The number of halogens is 3. The fraction of sp³-hybridized carbons (Fsp3) is 0.316. The predicted molar refractivity (Wildman–Crippen MR) is 107 cm³/mol. The number of likely N-dealkylation sites (tertiary alicyclic amines) is 1. The lowest BCUT2D eigenvalue weighted by atomic mass is 9.96. The highest BCUT2D eigenvalue weighted by atomic mass is 79.9. The predicted octanol–water partition coefficient (Wildman–Crippen LogP) is 5.61. The van der Waals surface area contributed by atoms with Crippen LogP contribution in [0.2, 0.25) is 10.0 Å². The monoisotopic (exact) mass is 440 g/mol. The van der Waals surface area contributed by atoms with E-state index >= 15 is 0 Å². The normalized spacial score (nSPS) is 18.1. The van der Waals surface area contributed by atoms with Gasteiger partial charge >= 0.3 is 0 Å². The van der Waals surface area contributed by atoms with Gasteiger partial charge in [-0.15, -0.1) is 0 Å². The number of carbonyl (C=O) groups excluding carboxylic acids is 1. The summed E-state index contributed by atoms with van der Waals surface area (Å²) in [6.45, 7) is 2.31. The van der Waals surface area contributed by atoms with Crippen LogP contribution < -0.4 is 5.32 Å². The molecule has 25 heavy (non-hydrogen) atoms. The minimum atomic E-state index is -0.0397. The topological polar surface area (TPSA) is 32.3 Å². The van der Waals surface area contributed by atoms with E-state index in [0.29, 0.717) is 23.1 Å². The summed E-state index contributed by atoms with van der Waals surface area (Å²) in [5, 5.41) is 4.37. The molecule has 1 aliphatic heterocycles. The number of hydrogen-bond donors (Lipinski definition) is 1. The second kappa shape index (κ2) is 8.54. The van der Waals surface area contributed by atoms with Gasteiger partial charge in [0, 0.05) is 33.2 Å². The van der Waals surface area contributed by atoms with Crippen LogP contribution in [0.15, 0.2) is 46.9 Å². The van der Waals surface area contributed by atoms with Crippen molar-refractivity contribution in [1.29, 1.82) is 0 Å². The van der Waals surface area contributed by atoms with Crippen LogP contribution in [0.25, 0.3) is 0 Å². The minimum Gasteiger partial charge on any atom is -0.325 e. The first-order valence-electron chi connectivity index (χ1n) is 8.25. The standard InChI is InChI=1S/C19H19BrCl2N2O/c20-15-6-1-2-9-18(15)23-19(25)13-5-4-10-24(11-13)12-14-16(21)7-3-8-17(14)22/h1-3,6-9,13H,4-5,10-12H2,(H,23,25). The Balaban J connectivity index is 1.65. The molecule has 1 saturated heterocycles.